The molecule has 1 aliphatic heterocycles. The van der Waals surface area contributed by atoms with Crippen LogP contribution >= 0.6 is 0 Å². The monoisotopic (exact) mass is 373 g/mol. The van der Waals surface area contributed by atoms with Gasteiger partial charge in [0.05, 0.1) is 11.8 Å². The number of carboxylic acid groups (broad SMARTS) is 1. The van der Waals surface area contributed by atoms with Crippen molar-refractivity contribution in [1.29, 1.82) is 0 Å². The van der Waals surface area contributed by atoms with Crippen molar-refractivity contribution in [2.24, 2.45) is 11.8 Å². The Morgan fingerprint density at radius 2 is 1.96 bits per heavy atom. The maximum atomic E-state index is 13.0. The van der Waals surface area contributed by atoms with Crippen molar-refractivity contribution in [2.45, 2.75) is 32.9 Å². The van der Waals surface area contributed by atoms with Crippen molar-refractivity contribution in [3.8, 4) is 5.75 Å². The Bertz CT molecular complexity index is 688. The largest absolute Gasteiger partial charge is 0.483 e. The molecular weight excluding hydrogens is 351 g/mol. The molecule has 26 heavy (non-hydrogen) atoms. The highest BCUT2D eigenvalue weighted by Gasteiger charge is 2.53. The predicted octanol–water partition coefficient (Wildman–Crippen LogP) is 3.22. The molecule has 0 aromatic heterocycles. The van der Waals surface area contributed by atoms with Crippen LogP contribution < -0.4 is 4.74 Å². The van der Waals surface area contributed by atoms with Gasteiger partial charge in [-0.3, -0.25) is 9.59 Å². The van der Waals surface area contributed by atoms with E-state index in [1.165, 1.54) is 0 Å². The lowest BCUT2D eigenvalue weighted by Crippen LogP contribution is -2.35. The van der Waals surface area contributed by atoms with Crippen LogP contribution in [0.5, 0.6) is 5.75 Å². The summed E-state index contributed by atoms with van der Waals surface area (Å²) >= 11 is 0. The first kappa shape index (κ1) is 20.1. The molecule has 2 atom stereocenters. The van der Waals surface area contributed by atoms with Gasteiger partial charge in [-0.05, 0) is 30.0 Å². The van der Waals surface area contributed by atoms with Gasteiger partial charge in [0.25, 0.3) is 5.91 Å². The molecule has 0 radical (unpaired) electrons. The van der Waals surface area contributed by atoms with E-state index in [0.717, 1.165) is 16.0 Å². The number of aliphatic carboxylic acids is 1. The van der Waals surface area contributed by atoms with Gasteiger partial charge in [-0.2, -0.15) is 13.2 Å². The summed E-state index contributed by atoms with van der Waals surface area (Å²) in [6.45, 7) is 4.24. The summed E-state index contributed by atoms with van der Waals surface area (Å²) < 4.78 is 44.6. The number of nitrogens with zero attached hydrogens (tertiary/aromatic N) is 1. The molecule has 5 nitrogen and oxygen atoms in total. The number of carbonyl (C=O) groups excluding carboxylic acids is 1. The van der Waals surface area contributed by atoms with Crippen LogP contribution in [0.1, 0.15) is 30.9 Å². The van der Waals surface area contributed by atoms with Gasteiger partial charge in [-0.1, -0.05) is 26.0 Å². The van der Waals surface area contributed by atoms with Crippen LogP contribution in [0.3, 0.4) is 0 Å². The van der Waals surface area contributed by atoms with E-state index in [1.807, 2.05) is 32.9 Å². The fraction of sp³-hybridized carbons (Fsp3) is 0.556. The number of carboxylic acids is 1. The van der Waals surface area contributed by atoms with Gasteiger partial charge in [0, 0.05) is 13.1 Å². The maximum absolute atomic E-state index is 13.0. The van der Waals surface area contributed by atoms with Crippen LogP contribution in [0.15, 0.2) is 18.2 Å². The maximum Gasteiger partial charge on any atom is 0.394 e. The summed E-state index contributed by atoms with van der Waals surface area (Å²) in [5, 5.41) is 9.01. The fourth-order valence-electron chi connectivity index (χ4n) is 3.06. The van der Waals surface area contributed by atoms with E-state index in [0.29, 0.717) is 5.75 Å². The summed E-state index contributed by atoms with van der Waals surface area (Å²) in [7, 11) is 0. The standard InChI is InChI=1S/C18H22F3NO4/c1-10(2)12-5-4-11(3)6-15(12)26-9-16(23)22-7-13(17(24)25)14(8-22)18(19,20)21/h4-6,10,13-14H,7-9H2,1-3H3,(H,24,25)/t13-,14-/m1/s1. The number of alkyl halides is 3. The normalized spacial score (nSPS) is 20.5. The Morgan fingerprint density at radius 3 is 2.46 bits per heavy atom. The van der Waals surface area contributed by atoms with Crippen molar-refractivity contribution in [2.75, 3.05) is 19.7 Å². The second-order valence-corrected chi connectivity index (χ2v) is 6.88. The zero-order valence-electron chi connectivity index (χ0n) is 14.8. The topological polar surface area (TPSA) is 66.8 Å². The lowest BCUT2D eigenvalue weighted by molar-refractivity contribution is -0.188. The van der Waals surface area contributed by atoms with Crippen LogP contribution in [0.25, 0.3) is 0 Å². The number of hydrogen-bond donors (Lipinski definition) is 1. The Morgan fingerprint density at radius 1 is 1.31 bits per heavy atom. The highest BCUT2D eigenvalue weighted by atomic mass is 19.4. The smallest absolute Gasteiger partial charge is 0.394 e. The third-order valence-corrected chi connectivity index (χ3v) is 4.55. The molecule has 144 valence electrons. The van der Waals surface area contributed by atoms with Crippen molar-refractivity contribution in [1.82, 2.24) is 4.90 Å². The van der Waals surface area contributed by atoms with Crippen molar-refractivity contribution in [3.05, 3.63) is 29.3 Å². The lowest BCUT2D eigenvalue weighted by atomic mass is 9.96. The molecule has 1 heterocycles. The highest BCUT2D eigenvalue weighted by molar-refractivity contribution is 5.80. The number of hydrogen-bond acceptors (Lipinski definition) is 3. The van der Waals surface area contributed by atoms with Crippen molar-refractivity contribution < 1.29 is 32.6 Å². The fourth-order valence-corrected chi connectivity index (χ4v) is 3.06. The number of rotatable bonds is 5. The number of halogens is 3. The quantitative estimate of drug-likeness (QED) is 0.861. The molecule has 1 aromatic rings. The predicted molar refractivity (Wildman–Crippen MR) is 88.0 cm³/mol. The highest BCUT2D eigenvalue weighted by Crippen LogP contribution is 2.37. The minimum absolute atomic E-state index is 0.151. The number of likely N-dealkylation sites (tertiary alicyclic amines) is 1. The van der Waals surface area contributed by atoms with Crippen LogP contribution in [-0.4, -0.2) is 47.8 Å². The average Bonchev–Trinajstić information content (AvgIpc) is 2.98. The van der Waals surface area contributed by atoms with Gasteiger partial charge >= 0.3 is 12.1 Å². The van der Waals surface area contributed by atoms with Crippen molar-refractivity contribution >= 4 is 11.9 Å². The molecule has 1 aromatic carbocycles. The molecule has 0 saturated carbocycles. The van der Waals surface area contributed by atoms with Crippen molar-refractivity contribution in [3.63, 3.8) is 0 Å². The third-order valence-electron chi connectivity index (χ3n) is 4.55. The third kappa shape index (κ3) is 4.47. The Labute approximate surface area is 149 Å². The second kappa shape index (κ2) is 7.55. The first-order chi connectivity index (χ1) is 12.0. The Hall–Kier alpha value is -2.25. The van der Waals surface area contributed by atoms with E-state index < -0.39 is 49.6 Å². The minimum Gasteiger partial charge on any atom is -0.483 e. The van der Waals surface area contributed by atoms with E-state index in [2.05, 4.69) is 0 Å². The lowest BCUT2D eigenvalue weighted by Gasteiger charge is -2.19. The number of aryl methyl sites for hydroxylation is 1. The molecule has 1 amide bonds. The molecular formula is C18H22F3NO4. The van der Waals surface area contributed by atoms with Crippen LogP contribution in [-0.2, 0) is 9.59 Å². The minimum atomic E-state index is -4.67. The van der Waals surface area contributed by atoms with Crippen LogP contribution in [0.2, 0.25) is 0 Å². The molecule has 1 fully saturated rings. The zero-order valence-corrected chi connectivity index (χ0v) is 14.8. The molecule has 8 heteroatoms. The molecule has 0 aliphatic carbocycles. The van der Waals surface area contributed by atoms with Crippen LogP contribution in [0, 0.1) is 18.8 Å². The van der Waals surface area contributed by atoms with Gasteiger partial charge in [-0.25, -0.2) is 0 Å². The molecule has 0 spiro atoms. The van der Waals surface area contributed by atoms with Gasteiger partial charge in [0.15, 0.2) is 6.61 Å². The first-order valence-electron chi connectivity index (χ1n) is 8.31. The zero-order chi connectivity index (χ0) is 19.6. The summed E-state index contributed by atoms with van der Waals surface area (Å²) in [5.74, 6) is -5.25. The molecule has 0 bridgehead atoms. The van der Waals surface area contributed by atoms with E-state index >= 15 is 0 Å². The van der Waals surface area contributed by atoms with Gasteiger partial charge in [0.2, 0.25) is 0 Å². The van der Waals surface area contributed by atoms with E-state index in [9.17, 15) is 22.8 Å². The molecule has 1 aliphatic rings. The molecule has 0 unspecified atom stereocenters. The Balaban J connectivity index is 2.07. The molecule has 1 saturated heterocycles. The number of ether oxygens (including phenoxy) is 1. The molecule has 2 rings (SSSR count). The average molecular weight is 373 g/mol. The summed E-state index contributed by atoms with van der Waals surface area (Å²) in [6.07, 6.45) is -4.67. The summed E-state index contributed by atoms with van der Waals surface area (Å²) in [6, 6.07) is 5.57. The molecule has 1 N–H and O–H groups in total. The van der Waals surface area contributed by atoms with E-state index in [-0.39, 0.29) is 5.92 Å². The van der Waals surface area contributed by atoms with E-state index in [4.69, 9.17) is 9.84 Å². The number of amides is 1. The number of carbonyl (C=O) groups is 2. The SMILES string of the molecule is Cc1ccc(C(C)C)c(OCC(=O)N2C[C@@H](C(F)(F)F)[C@H](C(=O)O)C2)c1. The number of benzene rings is 1. The summed E-state index contributed by atoms with van der Waals surface area (Å²) in [5.41, 5.74) is 1.82. The first-order valence-corrected chi connectivity index (χ1v) is 8.31. The van der Waals surface area contributed by atoms with Crippen LogP contribution in [0.4, 0.5) is 13.2 Å². The van der Waals surface area contributed by atoms with Gasteiger partial charge in [-0.15, -0.1) is 0 Å². The van der Waals surface area contributed by atoms with Gasteiger partial charge < -0.3 is 14.7 Å². The second-order valence-electron chi connectivity index (χ2n) is 6.88. The summed E-state index contributed by atoms with van der Waals surface area (Å²) in [4.78, 5) is 24.3. The van der Waals surface area contributed by atoms with E-state index in [1.54, 1.807) is 6.07 Å². The van der Waals surface area contributed by atoms with Gasteiger partial charge in [0.1, 0.15) is 5.75 Å². The Kier molecular flexibility index (Phi) is 5.83.